The van der Waals surface area contributed by atoms with Crippen molar-refractivity contribution < 1.29 is 9.18 Å². The maximum absolute atomic E-state index is 13.8. The molecule has 0 bridgehead atoms. The van der Waals surface area contributed by atoms with Gasteiger partial charge in [-0.2, -0.15) is 0 Å². The maximum Gasteiger partial charge on any atom is 0.219 e. The SMILES string of the molecule is CC(=O)N1CCCN(c2cc(C)c(F)cc2[C@H](C)N)CC1. The van der Waals surface area contributed by atoms with Crippen LogP contribution in [0.5, 0.6) is 0 Å². The number of carbonyl (C=O) groups is 1. The van der Waals surface area contributed by atoms with Crippen LogP contribution < -0.4 is 10.6 Å². The third-order valence-electron chi connectivity index (χ3n) is 4.08. The van der Waals surface area contributed by atoms with E-state index in [0.29, 0.717) is 12.1 Å². The third-order valence-corrected chi connectivity index (χ3v) is 4.08. The molecule has 5 heteroatoms. The molecule has 0 saturated carbocycles. The standard InChI is InChI=1S/C16H24FN3O/c1-11-9-16(14(12(2)18)10-15(11)17)20-6-4-5-19(7-8-20)13(3)21/h9-10,12H,4-8,18H2,1-3H3/t12-/m0/s1. The van der Waals surface area contributed by atoms with E-state index in [1.165, 1.54) is 0 Å². The molecule has 1 heterocycles. The second-order valence-corrected chi connectivity index (χ2v) is 5.80. The number of hydrogen-bond acceptors (Lipinski definition) is 3. The molecule has 1 atom stereocenters. The lowest BCUT2D eigenvalue weighted by atomic mass is 10.0. The molecule has 2 N–H and O–H groups in total. The summed E-state index contributed by atoms with van der Waals surface area (Å²) in [5.74, 6) is -0.106. The zero-order valence-corrected chi connectivity index (χ0v) is 13.0. The Morgan fingerprint density at radius 3 is 2.62 bits per heavy atom. The highest BCUT2D eigenvalue weighted by atomic mass is 19.1. The van der Waals surface area contributed by atoms with Crippen molar-refractivity contribution in [3.8, 4) is 0 Å². The lowest BCUT2D eigenvalue weighted by Gasteiger charge is -2.27. The Labute approximate surface area is 125 Å². The second-order valence-electron chi connectivity index (χ2n) is 5.80. The Balaban J connectivity index is 2.28. The van der Waals surface area contributed by atoms with E-state index in [-0.39, 0.29) is 17.8 Å². The van der Waals surface area contributed by atoms with Gasteiger partial charge in [0.15, 0.2) is 0 Å². The van der Waals surface area contributed by atoms with Gasteiger partial charge in [-0.25, -0.2) is 4.39 Å². The molecular formula is C16H24FN3O. The summed E-state index contributed by atoms with van der Waals surface area (Å²) in [5, 5.41) is 0. The second kappa shape index (κ2) is 6.43. The van der Waals surface area contributed by atoms with Gasteiger partial charge in [-0.1, -0.05) is 0 Å². The molecule has 0 aliphatic carbocycles. The van der Waals surface area contributed by atoms with Gasteiger partial charge in [-0.05, 0) is 43.5 Å². The Hall–Kier alpha value is -1.62. The summed E-state index contributed by atoms with van der Waals surface area (Å²) in [6.07, 6.45) is 0.911. The van der Waals surface area contributed by atoms with Crippen molar-refractivity contribution in [2.45, 2.75) is 33.2 Å². The highest BCUT2D eigenvalue weighted by Crippen LogP contribution is 2.29. The van der Waals surface area contributed by atoms with Gasteiger partial charge in [0.25, 0.3) is 0 Å². The van der Waals surface area contributed by atoms with Crippen LogP contribution in [0.3, 0.4) is 0 Å². The number of benzene rings is 1. The summed E-state index contributed by atoms with van der Waals surface area (Å²) in [6, 6.07) is 3.20. The number of amides is 1. The summed E-state index contributed by atoms with van der Waals surface area (Å²) in [5.41, 5.74) is 8.45. The monoisotopic (exact) mass is 293 g/mol. The van der Waals surface area contributed by atoms with Crippen LogP contribution in [0, 0.1) is 12.7 Å². The number of carbonyl (C=O) groups excluding carboxylic acids is 1. The number of nitrogens with two attached hydrogens (primary N) is 1. The van der Waals surface area contributed by atoms with Crippen molar-refractivity contribution in [2.75, 3.05) is 31.1 Å². The molecule has 1 aliphatic rings. The smallest absolute Gasteiger partial charge is 0.219 e. The van der Waals surface area contributed by atoms with Crippen LogP contribution >= 0.6 is 0 Å². The average Bonchev–Trinajstić information content (AvgIpc) is 2.67. The molecule has 1 amide bonds. The van der Waals surface area contributed by atoms with Gasteiger partial charge >= 0.3 is 0 Å². The fraction of sp³-hybridized carbons (Fsp3) is 0.562. The van der Waals surface area contributed by atoms with E-state index in [2.05, 4.69) is 4.90 Å². The number of hydrogen-bond donors (Lipinski definition) is 1. The van der Waals surface area contributed by atoms with Crippen LogP contribution in [0.4, 0.5) is 10.1 Å². The fourth-order valence-electron chi connectivity index (χ4n) is 2.79. The molecule has 2 rings (SSSR count). The Morgan fingerprint density at radius 1 is 1.29 bits per heavy atom. The lowest BCUT2D eigenvalue weighted by molar-refractivity contribution is -0.128. The molecular weight excluding hydrogens is 269 g/mol. The minimum Gasteiger partial charge on any atom is -0.369 e. The third kappa shape index (κ3) is 3.53. The van der Waals surface area contributed by atoms with Crippen molar-refractivity contribution in [1.29, 1.82) is 0 Å². The molecule has 21 heavy (non-hydrogen) atoms. The summed E-state index contributed by atoms with van der Waals surface area (Å²) < 4.78 is 13.8. The van der Waals surface area contributed by atoms with Crippen LogP contribution in [0.2, 0.25) is 0 Å². The summed E-state index contributed by atoms with van der Waals surface area (Å²) in [6.45, 7) is 8.32. The molecule has 1 aromatic carbocycles. The van der Waals surface area contributed by atoms with Crippen molar-refractivity contribution in [2.24, 2.45) is 5.73 Å². The van der Waals surface area contributed by atoms with E-state index >= 15 is 0 Å². The molecule has 1 aliphatic heterocycles. The van der Waals surface area contributed by atoms with Crippen molar-refractivity contribution in [1.82, 2.24) is 4.90 Å². The average molecular weight is 293 g/mol. The summed E-state index contributed by atoms with van der Waals surface area (Å²) >= 11 is 0. The Kier molecular flexibility index (Phi) is 4.83. The predicted molar refractivity (Wildman–Crippen MR) is 82.8 cm³/mol. The first kappa shape index (κ1) is 15.8. The topological polar surface area (TPSA) is 49.6 Å². The number of aryl methyl sites for hydroxylation is 1. The van der Waals surface area contributed by atoms with Gasteiger partial charge < -0.3 is 15.5 Å². The van der Waals surface area contributed by atoms with E-state index in [0.717, 1.165) is 37.3 Å². The number of halogens is 1. The number of anilines is 1. The quantitative estimate of drug-likeness (QED) is 0.909. The van der Waals surface area contributed by atoms with E-state index < -0.39 is 0 Å². The highest BCUT2D eigenvalue weighted by molar-refractivity contribution is 5.73. The Morgan fingerprint density at radius 2 is 2.00 bits per heavy atom. The largest absolute Gasteiger partial charge is 0.369 e. The van der Waals surface area contributed by atoms with Gasteiger partial charge in [0.1, 0.15) is 5.82 Å². The first-order chi connectivity index (χ1) is 9.90. The van der Waals surface area contributed by atoms with E-state index in [4.69, 9.17) is 5.73 Å². The van der Waals surface area contributed by atoms with Crippen LogP contribution in [0.15, 0.2) is 12.1 Å². The Bertz CT molecular complexity index is 530. The zero-order valence-electron chi connectivity index (χ0n) is 13.0. The summed E-state index contributed by atoms with van der Waals surface area (Å²) in [7, 11) is 0. The van der Waals surface area contributed by atoms with Gasteiger partial charge in [0.2, 0.25) is 5.91 Å². The molecule has 1 saturated heterocycles. The normalized spacial score (nSPS) is 17.6. The minimum absolute atomic E-state index is 0.111. The van der Waals surface area contributed by atoms with Crippen LogP contribution in [0.1, 0.15) is 37.4 Å². The molecule has 0 radical (unpaired) electrons. The van der Waals surface area contributed by atoms with Crippen LogP contribution in [-0.2, 0) is 4.79 Å². The highest BCUT2D eigenvalue weighted by Gasteiger charge is 2.20. The van der Waals surface area contributed by atoms with Crippen molar-refractivity contribution in [3.05, 3.63) is 29.1 Å². The molecule has 0 spiro atoms. The van der Waals surface area contributed by atoms with Crippen molar-refractivity contribution in [3.63, 3.8) is 0 Å². The van der Waals surface area contributed by atoms with Crippen LogP contribution in [0.25, 0.3) is 0 Å². The zero-order chi connectivity index (χ0) is 15.6. The molecule has 1 aromatic rings. The van der Waals surface area contributed by atoms with Gasteiger partial charge in [0, 0.05) is 44.8 Å². The molecule has 116 valence electrons. The van der Waals surface area contributed by atoms with E-state index in [1.807, 2.05) is 17.9 Å². The molecule has 1 fully saturated rings. The van der Waals surface area contributed by atoms with Crippen molar-refractivity contribution >= 4 is 11.6 Å². The fourth-order valence-corrected chi connectivity index (χ4v) is 2.79. The van der Waals surface area contributed by atoms with Gasteiger partial charge in [-0.15, -0.1) is 0 Å². The molecule has 4 nitrogen and oxygen atoms in total. The van der Waals surface area contributed by atoms with Gasteiger partial charge in [0.05, 0.1) is 0 Å². The van der Waals surface area contributed by atoms with Crippen LogP contribution in [-0.4, -0.2) is 37.0 Å². The summed E-state index contributed by atoms with van der Waals surface area (Å²) in [4.78, 5) is 15.6. The molecule has 0 aromatic heterocycles. The maximum atomic E-state index is 13.8. The predicted octanol–water partition coefficient (Wildman–Crippen LogP) is 2.21. The lowest BCUT2D eigenvalue weighted by Crippen LogP contribution is -2.34. The minimum atomic E-state index is -0.220. The van der Waals surface area contributed by atoms with Gasteiger partial charge in [-0.3, -0.25) is 4.79 Å². The van der Waals surface area contributed by atoms with E-state index in [9.17, 15) is 9.18 Å². The number of nitrogens with zero attached hydrogens (tertiary/aromatic N) is 2. The first-order valence-electron chi connectivity index (χ1n) is 7.46. The molecule has 0 unspecified atom stereocenters. The van der Waals surface area contributed by atoms with E-state index in [1.54, 1.807) is 19.9 Å². The number of rotatable bonds is 2. The first-order valence-corrected chi connectivity index (χ1v) is 7.46.